The maximum absolute atomic E-state index is 12.4. The average Bonchev–Trinajstić information content (AvgIpc) is 2.71. The molecule has 1 aromatic heterocycles. The van der Waals surface area contributed by atoms with Crippen LogP contribution in [0.5, 0.6) is 17.4 Å². The van der Waals surface area contributed by atoms with Crippen LogP contribution < -0.4 is 14.2 Å². The van der Waals surface area contributed by atoms with E-state index in [1.807, 2.05) is 6.92 Å². The van der Waals surface area contributed by atoms with E-state index < -0.39 is 12.8 Å². The Kier molecular flexibility index (Phi) is 7.04. The maximum atomic E-state index is 12.4. The van der Waals surface area contributed by atoms with Gasteiger partial charge >= 0.3 is 6.18 Å². The molecule has 164 valence electrons. The summed E-state index contributed by atoms with van der Waals surface area (Å²) in [5.41, 5.74) is 2.75. The molecule has 9 heteroatoms. The topological polar surface area (TPSA) is 59.0 Å². The number of hydrogen-bond donors (Lipinski definition) is 0. The number of aryl methyl sites for hydroxylation is 2. The van der Waals surface area contributed by atoms with E-state index in [0.717, 1.165) is 5.56 Å². The summed E-state index contributed by atoms with van der Waals surface area (Å²) in [6.07, 6.45) is -4.56. The Morgan fingerprint density at radius 1 is 1.10 bits per heavy atom. The van der Waals surface area contributed by atoms with Crippen LogP contribution in [0.1, 0.15) is 11.1 Å². The molecule has 0 aliphatic carbocycles. The Bertz CT molecular complexity index is 866. The number of halogens is 3. The van der Waals surface area contributed by atoms with Gasteiger partial charge in [-0.25, -0.2) is 4.98 Å². The molecule has 0 amide bonds. The lowest BCUT2D eigenvalue weighted by atomic mass is 10.0. The molecular formula is C21H24F3NO5. The van der Waals surface area contributed by atoms with Gasteiger partial charge in [-0.2, -0.15) is 13.2 Å². The molecule has 6 nitrogen and oxygen atoms in total. The number of pyridine rings is 1. The molecule has 1 atom stereocenters. The second-order valence-corrected chi connectivity index (χ2v) is 6.92. The lowest BCUT2D eigenvalue weighted by Gasteiger charge is -2.23. The minimum atomic E-state index is -4.40. The van der Waals surface area contributed by atoms with Crippen molar-refractivity contribution in [2.24, 2.45) is 0 Å². The largest absolute Gasteiger partial charge is 0.494 e. The Hall–Kier alpha value is -2.52. The van der Waals surface area contributed by atoms with Gasteiger partial charge in [-0.3, -0.25) is 0 Å². The summed E-state index contributed by atoms with van der Waals surface area (Å²) in [4.78, 5) is 4.57. The molecule has 0 bridgehead atoms. The lowest BCUT2D eigenvalue weighted by Crippen LogP contribution is -2.33. The van der Waals surface area contributed by atoms with Crippen LogP contribution in [-0.4, -0.2) is 57.4 Å². The number of rotatable bonds is 7. The highest BCUT2D eigenvalue weighted by Gasteiger charge is 2.28. The van der Waals surface area contributed by atoms with E-state index >= 15 is 0 Å². The summed E-state index contributed by atoms with van der Waals surface area (Å²) < 4.78 is 64.3. The maximum Gasteiger partial charge on any atom is 0.422 e. The van der Waals surface area contributed by atoms with Crippen LogP contribution >= 0.6 is 0 Å². The van der Waals surface area contributed by atoms with Gasteiger partial charge < -0.3 is 23.7 Å². The smallest absolute Gasteiger partial charge is 0.422 e. The molecule has 0 spiro atoms. The monoisotopic (exact) mass is 427 g/mol. The van der Waals surface area contributed by atoms with Gasteiger partial charge in [0.05, 0.1) is 26.9 Å². The second-order valence-electron chi connectivity index (χ2n) is 6.92. The Labute approximate surface area is 172 Å². The summed E-state index contributed by atoms with van der Waals surface area (Å²) in [6, 6.07) is 6.44. The third-order valence-electron chi connectivity index (χ3n) is 4.50. The first-order valence-electron chi connectivity index (χ1n) is 9.45. The van der Waals surface area contributed by atoms with Gasteiger partial charge in [-0.1, -0.05) is 0 Å². The molecule has 2 aromatic rings. The van der Waals surface area contributed by atoms with Crippen LogP contribution in [0, 0.1) is 13.8 Å². The summed E-state index contributed by atoms with van der Waals surface area (Å²) in [5, 5.41) is 0. The molecule has 1 aromatic carbocycles. The minimum absolute atomic E-state index is 0.131. The number of alkyl halides is 3. The number of methoxy groups -OCH3 is 1. The Morgan fingerprint density at radius 2 is 1.90 bits per heavy atom. The first kappa shape index (κ1) is 22.2. The predicted molar refractivity (Wildman–Crippen MR) is 103 cm³/mol. The van der Waals surface area contributed by atoms with Crippen LogP contribution in [0.15, 0.2) is 24.3 Å². The number of nitrogens with zero attached hydrogens (tertiary/aromatic N) is 1. The zero-order valence-electron chi connectivity index (χ0n) is 17.0. The highest BCUT2D eigenvalue weighted by atomic mass is 19.4. The number of hydrogen-bond acceptors (Lipinski definition) is 6. The minimum Gasteiger partial charge on any atom is -0.494 e. The quantitative estimate of drug-likeness (QED) is 0.663. The van der Waals surface area contributed by atoms with Gasteiger partial charge in [0.15, 0.2) is 6.61 Å². The summed E-state index contributed by atoms with van der Waals surface area (Å²) in [6.45, 7) is 4.14. The van der Waals surface area contributed by atoms with Gasteiger partial charge in [0.1, 0.15) is 29.9 Å². The van der Waals surface area contributed by atoms with E-state index in [0.29, 0.717) is 54.9 Å². The SMILES string of the molecule is COc1c(C)cc(OCC2COCCO2)nc1-c1ccc(OCC(F)(F)F)cc1C. The van der Waals surface area contributed by atoms with E-state index in [2.05, 4.69) is 4.98 Å². The van der Waals surface area contributed by atoms with Crippen LogP contribution in [0.2, 0.25) is 0 Å². The van der Waals surface area contributed by atoms with E-state index in [4.69, 9.17) is 23.7 Å². The van der Waals surface area contributed by atoms with Crippen LogP contribution in [0.3, 0.4) is 0 Å². The van der Waals surface area contributed by atoms with Crippen molar-refractivity contribution >= 4 is 0 Å². The number of benzene rings is 1. The molecule has 0 saturated carbocycles. The summed E-state index contributed by atoms with van der Waals surface area (Å²) in [5.74, 6) is 1.09. The second kappa shape index (κ2) is 9.53. The van der Waals surface area contributed by atoms with E-state index in [-0.39, 0.29) is 11.9 Å². The Balaban J connectivity index is 1.83. The molecule has 30 heavy (non-hydrogen) atoms. The van der Waals surface area contributed by atoms with Crippen molar-refractivity contribution in [2.45, 2.75) is 26.1 Å². The third kappa shape index (κ3) is 5.76. The molecule has 1 aliphatic heterocycles. The lowest BCUT2D eigenvalue weighted by molar-refractivity contribution is -0.153. The van der Waals surface area contributed by atoms with Gasteiger partial charge in [-0.15, -0.1) is 0 Å². The van der Waals surface area contributed by atoms with Crippen LogP contribution in [0.25, 0.3) is 11.3 Å². The van der Waals surface area contributed by atoms with Crippen molar-refractivity contribution in [3.8, 4) is 28.6 Å². The third-order valence-corrected chi connectivity index (χ3v) is 4.50. The highest BCUT2D eigenvalue weighted by Crippen LogP contribution is 2.36. The standard InChI is InChI=1S/C21H24F3NO5/c1-13-8-15(30-12-21(22,23)24)4-5-17(13)19-20(26-3)14(2)9-18(25-19)29-11-16-10-27-6-7-28-16/h4-5,8-9,16H,6-7,10-12H2,1-3H3. The van der Waals surface area contributed by atoms with Crippen molar-refractivity contribution in [1.29, 1.82) is 0 Å². The molecule has 0 N–H and O–H groups in total. The molecule has 2 heterocycles. The van der Waals surface area contributed by atoms with Crippen molar-refractivity contribution in [1.82, 2.24) is 4.98 Å². The van der Waals surface area contributed by atoms with Crippen molar-refractivity contribution in [3.05, 3.63) is 35.4 Å². The van der Waals surface area contributed by atoms with Crippen molar-refractivity contribution in [2.75, 3.05) is 40.1 Å². The van der Waals surface area contributed by atoms with Gasteiger partial charge in [0.25, 0.3) is 0 Å². The first-order valence-corrected chi connectivity index (χ1v) is 9.45. The summed E-state index contributed by atoms with van der Waals surface area (Å²) >= 11 is 0. The fourth-order valence-corrected chi connectivity index (χ4v) is 3.11. The molecule has 1 aliphatic rings. The van der Waals surface area contributed by atoms with Gasteiger partial charge in [-0.05, 0) is 43.2 Å². The van der Waals surface area contributed by atoms with Crippen molar-refractivity contribution < 1.29 is 36.9 Å². The van der Waals surface area contributed by atoms with E-state index in [9.17, 15) is 13.2 Å². The number of ether oxygens (including phenoxy) is 5. The fraction of sp³-hybridized carbons (Fsp3) is 0.476. The van der Waals surface area contributed by atoms with Crippen LogP contribution in [0.4, 0.5) is 13.2 Å². The number of aromatic nitrogens is 1. The molecule has 0 radical (unpaired) electrons. The fourth-order valence-electron chi connectivity index (χ4n) is 3.11. The molecular weight excluding hydrogens is 403 g/mol. The van der Waals surface area contributed by atoms with E-state index in [1.54, 1.807) is 19.1 Å². The molecule has 1 fully saturated rings. The molecule has 1 saturated heterocycles. The zero-order chi connectivity index (χ0) is 21.7. The van der Waals surface area contributed by atoms with Gasteiger partial charge in [0.2, 0.25) is 5.88 Å². The predicted octanol–water partition coefficient (Wildman–Crippen LogP) is 4.11. The first-order chi connectivity index (χ1) is 14.3. The van der Waals surface area contributed by atoms with E-state index in [1.165, 1.54) is 19.2 Å². The summed E-state index contributed by atoms with van der Waals surface area (Å²) in [7, 11) is 1.54. The zero-order valence-corrected chi connectivity index (χ0v) is 17.0. The van der Waals surface area contributed by atoms with Crippen molar-refractivity contribution in [3.63, 3.8) is 0 Å². The molecule has 1 unspecified atom stereocenters. The average molecular weight is 427 g/mol. The molecule has 3 rings (SSSR count). The highest BCUT2D eigenvalue weighted by molar-refractivity contribution is 5.72. The van der Waals surface area contributed by atoms with Crippen LogP contribution in [-0.2, 0) is 9.47 Å². The Morgan fingerprint density at radius 3 is 2.53 bits per heavy atom. The normalized spacial score (nSPS) is 16.9. The van der Waals surface area contributed by atoms with Gasteiger partial charge in [0, 0.05) is 11.6 Å².